The Morgan fingerprint density at radius 1 is 0.946 bits per heavy atom. The van der Waals surface area contributed by atoms with Crippen LogP contribution in [0.3, 0.4) is 0 Å². The van der Waals surface area contributed by atoms with Crippen molar-refractivity contribution in [2.45, 2.75) is 77.2 Å². The number of nitrogens with zero attached hydrogens (tertiary/aromatic N) is 1. The Bertz CT molecular complexity index is 1120. The van der Waals surface area contributed by atoms with E-state index < -0.39 is 0 Å². The molecule has 2 aromatic carbocycles. The van der Waals surface area contributed by atoms with Crippen LogP contribution in [0, 0.1) is 6.92 Å². The fourth-order valence-corrected chi connectivity index (χ4v) is 5.81. The minimum atomic E-state index is 0.0645. The molecule has 5 rings (SSSR count). The van der Waals surface area contributed by atoms with Gasteiger partial charge in [0.05, 0.1) is 6.61 Å². The molecule has 1 aliphatic carbocycles. The van der Waals surface area contributed by atoms with Crippen LogP contribution in [0.2, 0.25) is 0 Å². The second kappa shape index (κ2) is 12.6. The highest BCUT2D eigenvalue weighted by Crippen LogP contribution is 2.31. The summed E-state index contributed by atoms with van der Waals surface area (Å²) in [6, 6.07) is 15.1. The van der Waals surface area contributed by atoms with E-state index >= 15 is 0 Å². The highest BCUT2D eigenvalue weighted by molar-refractivity contribution is 5.98. The lowest BCUT2D eigenvalue weighted by Gasteiger charge is -2.33. The van der Waals surface area contributed by atoms with Gasteiger partial charge in [-0.05, 0) is 74.8 Å². The van der Waals surface area contributed by atoms with E-state index in [1.54, 1.807) is 5.57 Å². The molecule has 0 bridgehead atoms. The van der Waals surface area contributed by atoms with E-state index in [2.05, 4.69) is 59.6 Å². The van der Waals surface area contributed by atoms with Crippen LogP contribution in [0.15, 0.2) is 59.7 Å². The van der Waals surface area contributed by atoms with Gasteiger partial charge in [-0.15, -0.1) is 0 Å². The Hall–Kier alpha value is -2.85. The van der Waals surface area contributed by atoms with Crippen molar-refractivity contribution in [2.75, 3.05) is 26.2 Å². The molecule has 0 saturated carbocycles. The van der Waals surface area contributed by atoms with E-state index in [-0.39, 0.29) is 11.9 Å². The number of fused-ring (bicyclic) bond motifs is 1. The fraction of sp³-hybridized carbons (Fsp3) is 0.485. The third-order valence-corrected chi connectivity index (χ3v) is 8.13. The van der Waals surface area contributed by atoms with Gasteiger partial charge in [-0.3, -0.25) is 9.69 Å². The van der Waals surface area contributed by atoms with Crippen LogP contribution in [0.4, 0.5) is 0 Å². The third kappa shape index (κ3) is 7.13. The number of benzene rings is 2. The fourth-order valence-electron chi connectivity index (χ4n) is 5.81. The molecule has 0 aromatic heterocycles. The maximum atomic E-state index is 13.3. The number of hydrogen-bond donors (Lipinski definition) is 1. The molecule has 37 heavy (non-hydrogen) atoms. The number of allylic oxidation sites excluding steroid dienone is 1. The molecule has 4 heteroatoms. The highest BCUT2D eigenvalue weighted by atomic mass is 16.5. The monoisotopic (exact) mass is 498 g/mol. The standard InChI is InChI=1S/C33H42N2O2/c1-25-10-12-27(13-11-25)28-14-15-32-30(22-28)23-29(18-21-37-32)33(36)34-31-16-19-35(20-17-31)24-26-8-6-4-2-3-5-7-9-26/h8,10-15,22-23,31H,2-7,9,16-21,24H2,1H3,(H,34,36)/b26-8+. The zero-order valence-electron chi connectivity index (χ0n) is 22.4. The summed E-state index contributed by atoms with van der Waals surface area (Å²) in [5.74, 6) is 0.917. The molecule has 3 aliphatic rings. The first-order valence-electron chi connectivity index (χ1n) is 14.4. The van der Waals surface area contributed by atoms with Crippen LogP contribution >= 0.6 is 0 Å². The first-order chi connectivity index (χ1) is 18.1. The lowest BCUT2D eigenvalue weighted by atomic mass is 9.99. The number of amides is 1. The number of carbonyl (C=O) groups excluding carboxylic acids is 1. The molecule has 0 atom stereocenters. The topological polar surface area (TPSA) is 41.6 Å². The Balaban J connectivity index is 1.18. The molecule has 0 unspecified atom stereocenters. The Kier molecular flexibility index (Phi) is 8.78. The van der Waals surface area contributed by atoms with Gasteiger partial charge in [0.2, 0.25) is 5.91 Å². The van der Waals surface area contributed by atoms with E-state index in [0.29, 0.717) is 13.0 Å². The summed E-state index contributed by atoms with van der Waals surface area (Å²) in [7, 11) is 0. The lowest BCUT2D eigenvalue weighted by molar-refractivity contribution is -0.118. The van der Waals surface area contributed by atoms with Crippen molar-refractivity contribution < 1.29 is 9.53 Å². The van der Waals surface area contributed by atoms with Crippen molar-refractivity contribution in [2.24, 2.45) is 0 Å². The summed E-state index contributed by atoms with van der Waals surface area (Å²) < 4.78 is 6.00. The second-order valence-electron chi connectivity index (χ2n) is 11.1. The van der Waals surface area contributed by atoms with Crippen molar-refractivity contribution in [3.8, 4) is 16.9 Å². The number of carbonyl (C=O) groups is 1. The number of likely N-dealkylation sites (tertiary alicyclic amines) is 1. The van der Waals surface area contributed by atoms with Gasteiger partial charge in [-0.2, -0.15) is 0 Å². The zero-order valence-corrected chi connectivity index (χ0v) is 22.4. The molecule has 2 aromatic rings. The maximum absolute atomic E-state index is 13.3. The second-order valence-corrected chi connectivity index (χ2v) is 11.1. The van der Waals surface area contributed by atoms with Crippen molar-refractivity contribution in [3.63, 3.8) is 0 Å². The molecule has 2 aliphatic heterocycles. The van der Waals surface area contributed by atoms with Gasteiger partial charge in [-0.25, -0.2) is 0 Å². The smallest absolute Gasteiger partial charge is 0.247 e. The van der Waals surface area contributed by atoms with Crippen LogP contribution < -0.4 is 10.1 Å². The van der Waals surface area contributed by atoms with Crippen molar-refractivity contribution in [1.82, 2.24) is 10.2 Å². The van der Waals surface area contributed by atoms with Gasteiger partial charge in [0.1, 0.15) is 5.75 Å². The largest absolute Gasteiger partial charge is 0.493 e. The average Bonchev–Trinajstić information content (AvgIpc) is 3.04. The van der Waals surface area contributed by atoms with Crippen LogP contribution in [0.1, 0.15) is 75.3 Å². The first kappa shape index (κ1) is 25.8. The summed E-state index contributed by atoms with van der Waals surface area (Å²) in [6.45, 7) is 5.87. The van der Waals surface area contributed by atoms with Gasteiger partial charge in [0.15, 0.2) is 0 Å². The Labute approximate surface area is 222 Å². The van der Waals surface area contributed by atoms with Crippen LogP contribution in [-0.4, -0.2) is 43.1 Å². The molecule has 196 valence electrons. The minimum Gasteiger partial charge on any atom is -0.493 e. The Morgan fingerprint density at radius 2 is 1.70 bits per heavy atom. The molecular weight excluding hydrogens is 456 g/mol. The molecule has 1 saturated heterocycles. The van der Waals surface area contributed by atoms with Crippen molar-refractivity contribution in [1.29, 1.82) is 0 Å². The van der Waals surface area contributed by atoms with Gasteiger partial charge >= 0.3 is 0 Å². The van der Waals surface area contributed by atoms with E-state index in [9.17, 15) is 4.79 Å². The lowest BCUT2D eigenvalue weighted by Crippen LogP contribution is -2.45. The normalized spacial score (nSPS) is 21.1. The summed E-state index contributed by atoms with van der Waals surface area (Å²) in [6.07, 6.45) is 16.6. The van der Waals surface area contributed by atoms with Crippen LogP contribution in [-0.2, 0) is 4.79 Å². The summed E-state index contributed by atoms with van der Waals surface area (Å²) in [5.41, 5.74) is 7.00. The summed E-state index contributed by atoms with van der Waals surface area (Å²) in [4.78, 5) is 15.9. The van der Waals surface area contributed by atoms with Gasteiger partial charge in [0, 0.05) is 43.2 Å². The number of rotatable bonds is 5. The highest BCUT2D eigenvalue weighted by Gasteiger charge is 2.23. The van der Waals surface area contributed by atoms with E-state index in [0.717, 1.165) is 54.9 Å². The molecular formula is C33H42N2O2. The Morgan fingerprint density at radius 3 is 2.54 bits per heavy atom. The summed E-state index contributed by atoms with van der Waals surface area (Å²) >= 11 is 0. The first-order valence-corrected chi connectivity index (χ1v) is 14.4. The number of aryl methyl sites for hydroxylation is 1. The van der Waals surface area contributed by atoms with Crippen LogP contribution in [0.5, 0.6) is 5.75 Å². The molecule has 0 spiro atoms. The number of piperidine rings is 1. The molecule has 1 amide bonds. The molecule has 1 fully saturated rings. The van der Waals surface area contributed by atoms with Gasteiger partial charge in [0.25, 0.3) is 0 Å². The minimum absolute atomic E-state index is 0.0645. The molecule has 4 nitrogen and oxygen atoms in total. The van der Waals surface area contributed by atoms with E-state index in [1.165, 1.54) is 56.1 Å². The van der Waals surface area contributed by atoms with Crippen molar-refractivity contribution in [3.05, 3.63) is 70.8 Å². The van der Waals surface area contributed by atoms with Gasteiger partial charge in [-0.1, -0.05) is 66.8 Å². The maximum Gasteiger partial charge on any atom is 0.247 e. The van der Waals surface area contributed by atoms with Crippen LogP contribution in [0.25, 0.3) is 17.2 Å². The molecule has 1 N–H and O–H groups in total. The zero-order chi connectivity index (χ0) is 25.5. The number of ether oxygens (including phenoxy) is 1. The quantitative estimate of drug-likeness (QED) is 0.448. The van der Waals surface area contributed by atoms with E-state index in [4.69, 9.17) is 4.74 Å². The average molecular weight is 499 g/mol. The van der Waals surface area contributed by atoms with Gasteiger partial charge < -0.3 is 10.1 Å². The predicted molar refractivity (Wildman–Crippen MR) is 153 cm³/mol. The van der Waals surface area contributed by atoms with E-state index in [1.807, 2.05) is 12.1 Å². The van der Waals surface area contributed by atoms with Crippen molar-refractivity contribution >= 4 is 12.0 Å². The molecule has 2 heterocycles. The predicted octanol–water partition coefficient (Wildman–Crippen LogP) is 7.08. The molecule has 0 radical (unpaired) electrons. The third-order valence-electron chi connectivity index (χ3n) is 8.13. The summed E-state index contributed by atoms with van der Waals surface area (Å²) in [5, 5.41) is 3.35. The number of hydrogen-bond acceptors (Lipinski definition) is 3. The number of nitrogens with one attached hydrogen (secondary N) is 1. The SMILES string of the molecule is Cc1ccc(-c2ccc3c(c2)C=C(C(=O)NC2CCN(C/C4=C/CCCCCCC4)CC2)CCO3)cc1.